The van der Waals surface area contributed by atoms with Crippen LogP contribution in [-0.4, -0.2) is 88.6 Å². The maximum atomic E-state index is 13.1. The molecular weight excluding hydrogens is 562 g/mol. The number of morpholine rings is 1. The van der Waals surface area contributed by atoms with E-state index in [-0.39, 0.29) is 30.1 Å². The van der Waals surface area contributed by atoms with E-state index < -0.39 is 11.5 Å². The van der Waals surface area contributed by atoms with Gasteiger partial charge in [-0.3, -0.25) is 14.5 Å². The number of fused-ring (bicyclic) bond motifs is 1. The first-order valence-corrected chi connectivity index (χ1v) is 15.6. The largest absolute Gasteiger partial charge is 0.490 e. The van der Waals surface area contributed by atoms with Crippen molar-refractivity contribution in [3.05, 3.63) is 59.4 Å². The van der Waals surface area contributed by atoms with Crippen LogP contribution in [0.4, 0.5) is 0 Å². The van der Waals surface area contributed by atoms with E-state index in [1.807, 2.05) is 12.1 Å². The first-order valence-electron chi connectivity index (χ1n) is 15.6. The van der Waals surface area contributed by atoms with Gasteiger partial charge in [0, 0.05) is 19.1 Å². The molecule has 3 heterocycles. The van der Waals surface area contributed by atoms with Crippen LogP contribution < -0.4 is 20.5 Å². The Morgan fingerprint density at radius 2 is 1.91 bits per heavy atom. The van der Waals surface area contributed by atoms with Crippen LogP contribution >= 0.6 is 0 Å². The summed E-state index contributed by atoms with van der Waals surface area (Å²) in [5.41, 5.74) is 7.65. The van der Waals surface area contributed by atoms with Crippen molar-refractivity contribution < 1.29 is 28.9 Å². The van der Waals surface area contributed by atoms with Crippen molar-refractivity contribution >= 4 is 17.3 Å². The zero-order chi connectivity index (χ0) is 30.9. The third kappa shape index (κ3) is 7.00. The highest BCUT2D eigenvalue weighted by atomic mass is 16.5. The molecule has 0 unspecified atom stereocenters. The smallest absolute Gasteiger partial charge is 0.255 e. The average molecular weight is 606 g/mol. The molecule has 0 atom stereocenters. The number of nitrogens with one attached hydrogen (secondary N) is 1. The van der Waals surface area contributed by atoms with Gasteiger partial charge in [0.25, 0.3) is 11.8 Å². The fraction of sp³-hybridized carbons (Fsp3) is 0.545. The van der Waals surface area contributed by atoms with Crippen LogP contribution in [0.1, 0.15) is 72.2 Å². The van der Waals surface area contributed by atoms with E-state index >= 15 is 0 Å². The molecule has 236 valence electrons. The number of hydrogen-bond donors (Lipinski definition) is 3. The van der Waals surface area contributed by atoms with E-state index in [0.29, 0.717) is 28.1 Å². The lowest BCUT2D eigenvalue weighted by molar-refractivity contribution is -0.0834. The number of aromatic nitrogens is 2. The summed E-state index contributed by atoms with van der Waals surface area (Å²) in [5, 5.41) is 17.4. The van der Waals surface area contributed by atoms with Gasteiger partial charge in [0.05, 0.1) is 54.0 Å². The maximum Gasteiger partial charge on any atom is 0.255 e. The lowest BCUT2D eigenvalue weighted by Gasteiger charge is -2.57. The Bertz CT molecular complexity index is 1490. The summed E-state index contributed by atoms with van der Waals surface area (Å²) < 4.78 is 19.0. The minimum absolute atomic E-state index is 0.0285. The molecule has 11 nitrogen and oxygen atoms in total. The lowest BCUT2D eigenvalue weighted by atomic mass is 9.53. The number of aliphatic hydroxyl groups is 1. The maximum absolute atomic E-state index is 13.1. The highest BCUT2D eigenvalue weighted by molar-refractivity contribution is 6.00. The van der Waals surface area contributed by atoms with Gasteiger partial charge >= 0.3 is 0 Å². The Hall–Kier alpha value is -3.67. The summed E-state index contributed by atoms with van der Waals surface area (Å²) in [4.78, 5) is 27.6. The first kappa shape index (κ1) is 30.4. The predicted molar refractivity (Wildman–Crippen MR) is 164 cm³/mol. The highest BCUT2D eigenvalue weighted by Gasteiger charge is 2.54. The highest BCUT2D eigenvalue weighted by Crippen LogP contribution is 2.57. The molecule has 0 bridgehead atoms. The Morgan fingerprint density at radius 1 is 1.14 bits per heavy atom. The number of nitrogens with zero attached hydrogens (tertiary/aromatic N) is 3. The zero-order valence-corrected chi connectivity index (χ0v) is 25.6. The number of rotatable bonds is 12. The number of nitrogens with two attached hydrogens (primary N) is 1. The van der Waals surface area contributed by atoms with E-state index in [0.717, 1.165) is 76.9 Å². The van der Waals surface area contributed by atoms with Gasteiger partial charge < -0.3 is 30.4 Å². The van der Waals surface area contributed by atoms with Gasteiger partial charge in [-0.1, -0.05) is 6.07 Å². The third-order valence-electron chi connectivity index (χ3n) is 8.99. The van der Waals surface area contributed by atoms with Crippen LogP contribution in [0.2, 0.25) is 0 Å². The van der Waals surface area contributed by atoms with Gasteiger partial charge in [0.15, 0.2) is 0 Å². The summed E-state index contributed by atoms with van der Waals surface area (Å²) in [6, 6.07) is 9.42. The number of pyridine rings is 1. The zero-order valence-electron chi connectivity index (χ0n) is 25.6. The van der Waals surface area contributed by atoms with Gasteiger partial charge in [-0.15, -0.1) is 0 Å². The number of carbonyl (C=O) groups excluding carboxylic acids is 2. The Labute approximate surface area is 257 Å². The minimum Gasteiger partial charge on any atom is -0.490 e. The molecule has 2 aromatic heterocycles. The molecule has 2 aliphatic carbocycles. The second-order valence-electron chi connectivity index (χ2n) is 13.3. The van der Waals surface area contributed by atoms with E-state index in [4.69, 9.17) is 19.9 Å². The molecule has 2 saturated carbocycles. The Morgan fingerprint density at radius 3 is 2.64 bits per heavy atom. The molecule has 3 aliphatic rings. The summed E-state index contributed by atoms with van der Waals surface area (Å²) >= 11 is 0. The molecule has 44 heavy (non-hydrogen) atoms. The van der Waals surface area contributed by atoms with E-state index in [9.17, 15) is 14.7 Å². The first-order chi connectivity index (χ1) is 21.1. The molecule has 3 fully saturated rings. The van der Waals surface area contributed by atoms with Gasteiger partial charge in [-0.25, -0.2) is 4.52 Å². The van der Waals surface area contributed by atoms with Gasteiger partial charge in [-0.2, -0.15) is 5.10 Å². The summed E-state index contributed by atoms with van der Waals surface area (Å²) in [7, 11) is 0. The fourth-order valence-electron chi connectivity index (χ4n) is 6.69. The number of primary amides is 1. The average Bonchev–Trinajstić information content (AvgIpc) is 3.37. The van der Waals surface area contributed by atoms with Crippen molar-refractivity contribution in [1.29, 1.82) is 0 Å². The number of ether oxygens (including phenoxy) is 3. The second-order valence-corrected chi connectivity index (χ2v) is 13.3. The van der Waals surface area contributed by atoms with Crippen molar-refractivity contribution in [2.45, 2.75) is 70.1 Å². The molecule has 1 saturated heterocycles. The lowest BCUT2D eigenvalue weighted by Crippen LogP contribution is -2.58. The normalized spacial score (nSPS) is 23.6. The summed E-state index contributed by atoms with van der Waals surface area (Å²) in [5.74, 6) is 0.516. The summed E-state index contributed by atoms with van der Waals surface area (Å²) in [6.07, 6.45) is 8.82. The molecule has 11 heteroatoms. The van der Waals surface area contributed by atoms with Crippen LogP contribution in [0.15, 0.2) is 42.7 Å². The Kier molecular flexibility index (Phi) is 8.54. The van der Waals surface area contributed by atoms with E-state index in [2.05, 4.69) is 15.3 Å². The standard InChI is InChI=1S/C33H43N5O6/c1-32(2,41)21-43-24-6-8-28-27(19-35-38(28)20-24)31(40)36-23-15-33(16-23)17-25(18-33)44-29-14-22(5-7-26(29)30(34)39)4-3-9-37-10-12-42-13-11-37/h5-8,14,19-20,23,25,41H,3-4,9-13,15-18,21H2,1-2H3,(H2,34,39)(H,36,40). The van der Waals surface area contributed by atoms with Crippen molar-refractivity contribution in [2.24, 2.45) is 11.1 Å². The van der Waals surface area contributed by atoms with Crippen molar-refractivity contribution in [1.82, 2.24) is 19.8 Å². The molecule has 1 aliphatic heterocycles. The van der Waals surface area contributed by atoms with E-state index in [1.54, 1.807) is 49.0 Å². The molecule has 3 aromatic rings. The van der Waals surface area contributed by atoms with Crippen LogP contribution in [-0.2, 0) is 11.2 Å². The van der Waals surface area contributed by atoms with Gasteiger partial charge in [0.1, 0.15) is 18.1 Å². The Balaban J connectivity index is 0.979. The molecule has 1 aromatic carbocycles. The molecule has 0 radical (unpaired) electrons. The van der Waals surface area contributed by atoms with Crippen molar-refractivity contribution in [3.8, 4) is 11.5 Å². The van der Waals surface area contributed by atoms with Crippen LogP contribution in [0, 0.1) is 5.41 Å². The minimum atomic E-state index is -0.947. The van der Waals surface area contributed by atoms with Gasteiger partial charge in [-0.05, 0) is 94.2 Å². The number of aryl methyl sites for hydroxylation is 1. The SMILES string of the molecule is CC(C)(O)COc1ccc2c(C(=O)NC3CC4(C3)CC(Oc3cc(CCCN5CCOCC5)ccc3C(N)=O)C4)cnn2c1. The monoisotopic (exact) mass is 605 g/mol. The van der Waals surface area contributed by atoms with Gasteiger partial charge in [0.2, 0.25) is 0 Å². The molecule has 1 spiro atoms. The number of amides is 2. The summed E-state index contributed by atoms with van der Waals surface area (Å²) in [6.45, 7) is 8.08. The topological polar surface area (TPSA) is 141 Å². The molecular formula is C33H43N5O6. The molecule has 6 rings (SSSR count). The number of hydrogen-bond acceptors (Lipinski definition) is 8. The predicted octanol–water partition coefficient (Wildman–Crippen LogP) is 2.97. The number of benzene rings is 1. The van der Waals surface area contributed by atoms with Crippen molar-refractivity contribution in [2.75, 3.05) is 39.5 Å². The molecule has 2 amide bonds. The molecule has 4 N–H and O–H groups in total. The quantitative estimate of drug-likeness (QED) is 0.286. The fourth-order valence-corrected chi connectivity index (χ4v) is 6.69. The second kappa shape index (κ2) is 12.4. The van der Waals surface area contributed by atoms with Crippen LogP contribution in [0.5, 0.6) is 11.5 Å². The van der Waals surface area contributed by atoms with Crippen LogP contribution in [0.25, 0.3) is 5.52 Å². The van der Waals surface area contributed by atoms with E-state index in [1.165, 1.54) is 0 Å². The van der Waals surface area contributed by atoms with Crippen molar-refractivity contribution in [3.63, 3.8) is 0 Å². The van der Waals surface area contributed by atoms with Crippen LogP contribution in [0.3, 0.4) is 0 Å². The third-order valence-corrected chi connectivity index (χ3v) is 8.99. The number of carbonyl (C=O) groups is 2.